The molecule has 0 aliphatic carbocycles. The smallest absolute Gasteiger partial charge is 0.224 e. The number of aliphatic hydroxyl groups excluding tert-OH is 1. The topological polar surface area (TPSA) is 43.8 Å². The summed E-state index contributed by atoms with van der Waals surface area (Å²) in [4.78, 5) is 16.1. The molecule has 0 spiro atoms. The van der Waals surface area contributed by atoms with Crippen molar-refractivity contribution < 1.29 is 9.90 Å². The number of nitrogens with zero attached hydrogens (tertiary/aromatic N) is 2. The summed E-state index contributed by atoms with van der Waals surface area (Å²) in [7, 11) is 3.97. The van der Waals surface area contributed by atoms with E-state index in [2.05, 4.69) is 0 Å². The third-order valence-corrected chi connectivity index (χ3v) is 3.33. The van der Waals surface area contributed by atoms with Crippen molar-refractivity contribution in [2.45, 2.75) is 51.2 Å². The van der Waals surface area contributed by atoms with E-state index in [0.717, 1.165) is 25.9 Å². The molecule has 1 aliphatic heterocycles. The van der Waals surface area contributed by atoms with Gasteiger partial charge in [0.2, 0.25) is 5.91 Å². The van der Waals surface area contributed by atoms with Gasteiger partial charge in [-0.2, -0.15) is 0 Å². The van der Waals surface area contributed by atoms with Gasteiger partial charge in [-0.15, -0.1) is 0 Å². The van der Waals surface area contributed by atoms with E-state index in [1.165, 1.54) is 6.42 Å². The summed E-state index contributed by atoms with van der Waals surface area (Å²) in [6.07, 6.45) is 4.30. The third-order valence-electron chi connectivity index (χ3n) is 3.33. The Morgan fingerprint density at radius 1 is 1.47 bits per heavy atom. The second-order valence-corrected chi connectivity index (χ2v) is 5.37. The van der Waals surface area contributed by atoms with E-state index >= 15 is 0 Å². The lowest BCUT2D eigenvalue weighted by Crippen LogP contribution is -2.45. The van der Waals surface area contributed by atoms with Gasteiger partial charge in [-0.1, -0.05) is 0 Å². The Morgan fingerprint density at radius 2 is 2.18 bits per heavy atom. The monoisotopic (exact) mass is 242 g/mol. The third kappa shape index (κ3) is 5.04. The van der Waals surface area contributed by atoms with Crippen LogP contribution in [-0.2, 0) is 4.79 Å². The number of hydrogen-bond donors (Lipinski definition) is 1. The van der Waals surface area contributed by atoms with Crippen LogP contribution in [0.3, 0.4) is 0 Å². The summed E-state index contributed by atoms with van der Waals surface area (Å²) in [5.41, 5.74) is 0. The maximum absolute atomic E-state index is 12.1. The van der Waals surface area contributed by atoms with Crippen molar-refractivity contribution in [3.63, 3.8) is 0 Å². The summed E-state index contributed by atoms with van der Waals surface area (Å²) in [6.45, 7) is 3.47. The summed E-state index contributed by atoms with van der Waals surface area (Å²) >= 11 is 0. The van der Waals surface area contributed by atoms with Crippen molar-refractivity contribution in [1.29, 1.82) is 0 Å². The van der Waals surface area contributed by atoms with Crippen molar-refractivity contribution in [1.82, 2.24) is 9.80 Å². The van der Waals surface area contributed by atoms with Gasteiger partial charge in [0, 0.05) is 25.6 Å². The SMILES string of the molecule is CC(O)CC1CCCCN1C(=O)CCN(C)C. The number of carbonyl (C=O) groups excluding carboxylic acids is 1. The van der Waals surface area contributed by atoms with Crippen LogP contribution in [0.5, 0.6) is 0 Å². The number of rotatable bonds is 5. The molecule has 0 aromatic rings. The fraction of sp³-hybridized carbons (Fsp3) is 0.923. The number of piperidine rings is 1. The van der Waals surface area contributed by atoms with Crippen LogP contribution in [0.1, 0.15) is 39.0 Å². The highest BCUT2D eigenvalue weighted by atomic mass is 16.3. The molecule has 2 unspecified atom stereocenters. The van der Waals surface area contributed by atoms with E-state index < -0.39 is 0 Å². The Balaban J connectivity index is 2.48. The minimum atomic E-state index is -0.317. The Kier molecular flexibility index (Phi) is 5.92. The van der Waals surface area contributed by atoms with Crippen LogP contribution in [0.15, 0.2) is 0 Å². The molecule has 0 radical (unpaired) electrons. The largest absolute Gasteiger partial charge is 0.393 e. The minimum Gasteiger partial charge on any atom is -0.393 e. The molecule has 4 nitrogen and oxygen atoms in total. The molecule has 17 heavy (non-hydrogen) atoms. The van der Waals surface area contributed by atoms with E-state index in [1.807, 2.05) is 23.9 Å². The maximum Gasteiger partial charge on any atom is 0.224 e. The standard InChI is InChI=1S/C13H26N2O2/c1-11(16)10-12-6-4-5-8-15(12)13(17)7-9-14(2)3/h11-12,16H,4-10H2,1-3H3. The summed E-state index contributed by atoms with van der Waals surface area (Å²) in [5, 5.41) is 9.48. The van der Waals surface area contributed by atoms with Gasteiger partial charge in [-0.05, 0) is 46.7 Å². The lowest BCUT2D eigenvalue weighted by molar-refractivity contribution is -0.135. The molecule has 2 atom stereocenters. The summed E-state index contributed by atoms with van der Waals surface area (Å²) in [5.74, 6) is 0.240. The fourth-order valence-electron chi connectivity index (χ4n) is 2.43. The van der Waals surface area contributed by atoms with Gasteiger partial charge in [0.15, 0.2) is 0 Å². The van der Waals surface area contributed by atoms with Crippen molar-refractivity contribution in [2.75, 3.05) is 27.2 Å². The zero-order valence-corrected chi connectivity index (χ0v) is 11.4. The van der Waals surface area contributed by atoms with E-state index in [4.69, 9.17) is 0 Å². The lowest BCUT2D eigenvalue weighted by atomic mass is 9.97. The molecule has 1 saturated heterocycles. The summed E-state index contributed by atoms with van der Waals surface area (Å²) < 4.78 is 0. The fourth-order valence-corrected chi connectivity index (χ4v) is 2.43. The van der Waals surface area contributed by atoms with Gasteiger partial charge in [-0.25, -0.2) is 0 Å². The van der Waals surface area contributed by atoms with Crippen LogP contribution in [0.2, 0.25) is 0 Å². The van der Waals surface area contributed by atoms with E-state index in [1.54, 1.807) is 6.92 Å². The highest BCUT2D eigenvalue weighted by Gasteiger charge is 2.27. The predicted octanol–water partition coefficient (Wildman–Crippen LogP) is 1.09. The molecule has 0 aromatic carbocycles. The van der Waals surface area contributed by atoms with Crippen LogP contribution in [-0.4, -0.2) is 60.1 Å². The van der Waals surface area contributed by atoms with Gasteiger partial charge in [-0.3, -0.25) is 4.79 Å². The lowest BCUT2D eigenvalue weighted by Gasteiger charge is -2.36. The van der Waals surface area contributed by atoms with Crippen molar-refractivity contribution >= 4 is 5.91 Å². The molecule has 1 aliphatic rings. The molecule has 1 N–H and O–H groups in total. The van der Waals surface area contributed by atoms with E-state index in [-0.39, 0.29) is 18.1 Å². The molecule has 0 saturated carbocycles. The molecule has 0 aromatic heterocycles. The maximum atomic E-state index is 12.1. The van der Waals surface area contributed by atoms with Crippen LogP contribution < -0.4 is 0 Å². The Labute approximate surface area is 105 Å². The van der Waals surface area contributed by atoms with Gasteiger partial charge >= 0.3 is 0 Å². The second-order valence-electron chi connectivity index (χ2n) is 5.37. The highest BCUT2D eigenvalue weighted by Crippen LogP contribution is 2.21. The number of amides is 1. The van der Waals surface area contributed by atoms with Gasteiger partial charge in [0.1, 0.15) is 0 Å². The first-order valence-corrected chi connectivity index (χ1v) is 6.63. The van der Waals surface area contributed by atoms with Gasteiger partial charge in [0.25, 0.3) is 0 Å². The van der Waals surface area contributed by atoms with Gasteiger partial charge in [0.05, 0.1) is 6.10 Å². The summed E-state index contributed by atoms with van der Waals surface area (Å²) in [6, 6.07) is 0.249. The molecule has 100 valence electrons. The van der Waals surface area contributed by atoms with Crippen LogP contribution in [0.4, 0.5) is 0 Å². The highest BCUT2D eigenvalue weighted by molar-refractivity contribution is 5.76. The predicted molar refractivity (Wildman–Crippen MR) is 68.8 cm³/mol. The Hall–Kier alpha value is -0.610. The molecule has 0 bridgehead atoms. The normalized spacial score (nSPS) is 22.9. The second kappa shape index (κ2) is 6.97. The van der Waals surface area contributed by atoms with Crippen LogP contribution in [0.25, 0.3) is 0 Å². The van der Waals surface area contributed by atoms with E-state index in [0.29, 0.717) is 12.8 Å². The molecular formula is C13H26N2O2. The van der Waals surface area contributed by atoms with E-state index in [9.17, 15) is 9.90 Å². The Bertz CT molecular complexity index is 242. The van der Waals surface area contributed by atoms with Gasteiger partial charge < -0.3 is 14.9 Å². The number of hydrogen-bond acceptors (Lipinski definition) is 3. The molecule has 1 heterocycles. The first-order valence-electron chi connectivity index (χ1n) is 6.63. The Morgan fingerprint density at radius 3 is 2.76 bits per heavy atom. The van der Waals surface area contributed by atoms with Crippen molar-refractivity contribution in [3.05, 3.63) is 0 Å². The minimum absolute atomic E-state index is 0.240. The first-order chi connectivity index (χ1) is 8.00. The zero-order chi connectivity index (χ0) is 12.8. The molecular weight excluding hydrogens is 216 g/mol. The van der Waals surface area contributed by atoms with Crippen molar-refractivity contribution in [2.24, 2.45) is 0 Å². The van der Waals surface area contributed by atoms with Crippen molar-refractivity contribution in [3.8, 4) is 0 Å². The zero-order valence-electron chi connectivity index (χ0n) is 11.4. The number of carbonyl (C=O) groups is 1. The molecule has 4 heteroatoms. The van der Waals surface area contributed by atoms with Crippen LogP contribution >= 0.6 is 0 Å². The number of aliphatic hydroxyl groups is 1. The number of likely N-dealkylation sites (tertiary alicyclic amines) is 1. The average molecular weight is 242 g/mol. The molecule has 1 rings (SSSR count). The quantitative estimate of drug-likeness (QED) is 0.785. The molecule has 1 fully saturated rings. The van der Waals surface area contributed by atoms with Crippen LogP contribution in [0, 0.1) is 0 Å². The first kappa shape index (κ1) is 14.5. The average Bonchev–Trinajstić information content (AvgIpc) is 2.25. The molecule has 1 amide bonds.